The Morgan fingerprint density at radius 1 is 1.29 bits per heavy atom. The summed E-state index contributed by atoms with van der Waals surface area (Å²) in [6.45, 7) is 3.43. The van der Waals surface area contributed by atoms with Gasteiger partial charge in [-0.2, -0.15) is 0 Å². The van der Waals surface area contributed by atoms with E-state index in [4.69, 9.17) is 4.74 Å². The number of methoxy groups -OCH3 is 1. The van der Waals surface area contributed by atoms with Gasteiger partial charge in [0.2, 0.25) is 0 Å². The molecule has 0 radical (unpaired) electrons. The molecule has 2 nitrogen and oxygen atoms in total. The van der Waals surface area contributed by atoms with Crippen molar-refractivity contribution in [2.45, 2.75) is 57.1 Å². The lowest BCUT2D eigenvalue weighted by Gasteiger charge is -2.41. The first-order chi connectivity index (χ1) is 6.76. The Morgan fingerprint density at radius 2 is 2.07 bits per heavy atom. The molecule has 0 aromatic rings. The summed E-state index contributed by atoms with van der Waals surface area (Å²) in [5, 5.41) is 3.70. The van der Waals surface area contributed by atoms with E-state index in [0.717, 1.165) is 18.5 Å². The summed E-state index contributed by atoms with van der Waals surface area (Å²) in [5.74, 6) is 0.865. The van der Waals surface area contributed by atoms with Crippen LogP contribution in [0.4, 0.5) is 0 Å². The minimum atomic E-state index is 0.197. The highest BCUT2D eigenvalue weighted by Crippen LogP contribution is 2.35. The quantitative estimate of drug-likeness (QED) is 0.747. The predicted molar refractivity (Wildman–Crippen MR) is 58.4 cm³/mol. The average molecular weight is 197 g/mol. The molecule has 2 heteroatoms. The van der Waals surface area contributed by atoms with Crippen LogP contribution in [0.5, 0.6) is 0 Å². The normalized spacial score (nSPS) is 35.6. The summed E-state index contributed by atoms with van der Waals surface area (Å²) in [5.41, 5.74) is 0.197. The Labute approximate surface area is 87.4 Å². The lowest BCUT2D eigenvalue weighted by Crippen LogP contribution is -2.50. The summed E-state index contributed by atoms with van der Waals surface area (Å²) in [6, 6.07) is 0.752. The van der Waals surface area contributed by atoms with Crippen LogP contribution in [0, 0.1) is 5.92 Å². The molecule has 0 amide bonds. The van der Waals surface area contributed by atoms with Gasteiger partial charge >= 0.3 is 0 Å². The van der Waals surface area contributed by atoms with Gasteiger partial charge < -0.3 is 10.1 Å². The van der Waals surface area contributed by atoms with Gasteiger partial charge in [0.15, 0.2) is 0 Å². The van der Waals surface area contributed by atoms with Gasteiger partial charge in [-0.05, 0) is 38.0 Å². The molecule has 2 aliphatic carbocycles. The first-order valence-corrected chi connectivity index (χ1v) is 6.04. The molecule has 2 aliphatic rings. The molecule has 2 rings (SSSR count). The van der Waals surface area contributed by atoms with Crippen LogP contribution < -0.4 is 5.32 Å². The van der Waals surface area contributed by atoms with Crippen molar-refractivity contribution in [2.75, 3.05) is 13.7 Å². The fraction of sp³-hybridized carbons (Fsp3) is 1.00. The zero-order chi connectivity index (χ0) is 10.0. The highest BCUT2D eigenvalue weighted by Gasteiger charge is 2.37. The molecule has 2 unspecified atom stereocenters. The maximum atomic E-state index is 5.61. The Bertz CT molecular complexity index is 183. The van der Waals surface area contributed by atoms with E-state index in [2.05, 4.69) is 12.2 Å². The number of nitrogens with one attached hydrogen (secondary N) is 1. The van der Waals surface area contributed by atoms with Gasteiger partial charge in [-0.1, -0.05) is 13.3 Å². The minimum Gasteiger partial charge on any atom is -0.377 e. The van der Waals surface area contributed by atoms with E-state index in [1.807, 2.05) is 7.11 Å². The lowest BCUT2D eigenvalue weighted by molar-refractivity contribution is -0.0713. The molecular weight excluding hydrogens is 174 g/mol. The first-order valence-electron chi connectivity index (χ1n) is 6.04. The number of hydrogen-bond donors (Lipinski definition) is 1. The van der Waals surface area contributed by atoms with Crippen molar-refractivity contribution >= 4 is 0 Å². The maximum Gasteiger partial charge on any atom is 0.0802 e. The molecule has 0 aromatic carbocycles. The first kappa shape index (κ1) is 10.4. The lowest BCUT2D eigenvalue weighted by atomic mass is 9.79. The molecule has 1 N–H and O–H groups in total. The van der Waals surface area contributed by atoms with Gasteiger partial charge in [0.25, 0.3) is 0 Å². The average Bonchev–Trinajstić information content (AvgIpc) is 2.51. The molecule has 0 bridgehead atoms. The fourth-order valence-electron chi connectivity index (χ4n) is 2.79. The molecule has 2 atom stereocenters. The number of ether oxygens (including phenoxy) is 1. The van der Waals surface area contributed by atoms with Crippen LogP contribution in [0.2, 0.25) is 0 Å². The maximum absolute atomic E-state index is 5.61. The molecule has 14 heavy (non-hydrogen) atoms. The second kappa shape index (κ2) is 4.19. The van der Waals surface area contributed by atoms with Gasteiger partial charge in [0.1, 0.15) is 0 Å². The summed E-state index contributed by atoms with van der Waals surface area (Å²) < 4.78 is 5.61. The molecule has 0 aromatic heterocycles. The minimum absolute atomic E-state index is 0.197. The van der Waals surface area contributed by atoms with Crippen molar-refractivity contribution in [1.82, 2.24) is 5.32 Å². The Morgan fingerprint density at radius 3 is 2.50 bits per heavy atom. The molecular formula is C12H23NO. The van der Waals surface area contributed by atoms with Crippen LogP contribution in [-0.4, -0.2) is 25.3 Å². The van der Waals surface area contributed by atoms with E-state index in [1.54, 1.807) is 0 Å². The molecule has 0 aliphatic heterocycles. The largest absolute Gasteiger partial charge is 0.377 e. The van der Waals surface area contributed by atoms with Gasteiger partial charge in [-0.15, -0.1) is 0 Å². The molecule has 2 fully saturated rings. The zero-order valence-electron chi connectivity index (χ0n) is 9.51. The van der Waals surface area contributed by atoms with Crippen molar-refractivity contribution < 1.29 is 4.74 Å². The van der Waals surface area contributed by atoms with Crippen molar-refractivity contribution in [3.8, 4) is 0 Å². The van der Waals surface area contributed by atoms with Crippen LogP contribution in [0.3, 0.4) is 0 Å². The van der Waals surface area contributed by atoms with E-state index in [1.165, 1.54) is 38.5 Å². The van der Waals surface area contributed by atoms with E-state index in [9.17, 15) is 0 Å². The predicted octanol–water partition coefficient (Wildman–Crippen LogP) is 2.33. The third-order valence-electron chi connectivity index (χ3n) is 4.25. The highest BCUT2D eigenvalue weighted by atomic mass is 16.5. The van der Waals surface area contributed by atoms with E-state index >= 15 is 0 Å². The summed E-state index contributed by atoms with van der Waals surface area (Å²) in [6.07, 6.45) is 8.00. The van der Waals surface area contributed by atoms with Crippen LogP contribution in [0.15, 0.2) is 0 Å². The molecule has 82 valence electrons. The number of hydrogen-bond acceptors (Lipinski definition) is 2. The van der Waals surface area contributed by atoms with E-state index in [-0.39, 0.29) is 5.60 Å². The summed E-state index contributed by atoms with van der Waals surface area (Å²) in [4.78, 5) is 0. The van der Waals surface area contributed by atoms with Crippen molar-refractivity contribution in [2.24, 2.45) is 5.92 Å². The second-order valence-corrected chi connectivity index (χ2v) is 5.14. The Balaban J connectivity index is 1.75. The molecule has 0 saturated heterocycles. The van der Waals surface area contributed by atoms with Crippen LogP contribution >= 0.6 is 0 Å². The monoisotopic (exact) mass is 197 g/mol. The third-order valence-corrected chi connectivity index (χ3v) is 4.25. The molecule has 2 saturated carbocycles. The highest BCUT2D eigenvalue weighted by molar-refractivity contribution is 4.93. The summed E-state index contributed by atoms with van der Waals surface area (Å²) in [7, 11) is 1.86. The van der Waals surface area contributed by atoms with Gasteiger partial charge in [0.05, 0.1) is 5.60 Å². The van der Waals surface area contributed by atoms with Crippen LogP contribution in [0.1, 0.15) is 45.4 Å². The number of rotatable bonds is 4. The summed E-state index contributed by atoms with van der Waals surface area (Å²) >= 11 is 0. The van der Waals surface area contributed by atoms with Gasteiger partial charge in [0, 0.05) is 19.7 Å². The van der Waals surface area contributed by atoms with Crippen LogP contribution in [-0.2, 0) is 4.74 Å². The third kappa shape index (κ3) is 1.96. The topological polar surface area (TPSA) is 21.3 Å². The molecule has 0 heterocycles. The Kier molecular flexibility index (Phi) is 3.13. The fourth-order valence-corrected chi connectivity index (χ4v) is 2.79. The van der Waals surface area contributed by atoms with Crippen molar-refractivity contribution in [1.29, 1.82) is 0 Å². The molecule has 0 spiro atoms. The zero-order valence-corrected chi connectivity index (χ0v) is 9.51. The van der Waals surface area contributed by atoms with Crippen molar-refractivity contribution in [3.63, 3.8) is 0 Å². The second-order valence-electron chi connectivity index (χ2n) is 5.14. The van der Waals surface area contributed by atoms with Gasteiger partial charge in [-0.3, -0.25) is 0 Å². The van der Waals surface area contributed by atoms with E-state index < -0.39 is 0 Å². The smallest absolute Gasteiger partial charge is 0.0802 e. The van der Waals surface area contributed by atoms with Gasteiger partial charge in [-0.25, -0.2) is 0 Å². The SMILES string of the molecule is COC1(CNC2CCCC2C)CCC1. The van der Waals surface area contributed by atoms with Crippen molar-refractivity contribution in [3.05, 3.63) is 0 Å². The Hall–Kier alpha value is -0.0800. The van der Waals surface area contributed by atoms with E-state index in [0.29, 0.717) is 0 Å². The van der Waals surface area contributed by atoms with Crippen LogP contribution in [0.25, 0.3) is 0 Å². The standard InChI is InChI=1S/C12H23NO/c1-10-5-3-6-11(10)13-9-12(14-2)7-4-8-12/h10-11,13H,3-9H2,1-2H3.